The number of likely N-dealkylation sites (N-methyl/N-ethyl adjacent to an activating group) is 1. The number of ether oxygens (including phenoxy) is 1. The fraction of sp³-hybridized carbons (Fsp3) is 0.632. The Kier molecular flexibility index (Phi) is 7.37. The summed E-state index contributed by atoms with van der Waals surface area (Å²) in [6, 6.07) is 8.87. The predicted molar refractivity (Wildman–Crippen MR) is 101 cm³/mol. The lowest BCUT2D eigenvalue weighted by molar-refractivity contribution is 0.223. The largest absolute Gasteiger partial charge is 0.492 e. The van der Waals surface area contributed by atoms with Crippen molar-refractivity contribution in [3.63, 3.8) is 0 Å². The smallest absolute Gasteiger partial charge is 0.191 e. The molecule has 2 unspecified atom stereocenters. The Bertz CT molecular complexity index is 511. The van der Waals surface area contributed by atoms with Crippen LogP contribution < -0.4 is 15.4 Å². The van der Waals surface area contributed by atoms with Crippen LogP contribution in [0.15, 0.2) is 29.3 Å². The third-order valence-corrected chi connectivity index (χ3v) is 4.61. The van der Waals surface area contributed by atoms with E-state index in [2.05, 4.69) is 53.4 Å². The number of rotatable bonds is 9. The van der Waals surface area contributed by atoms with Gasteiger partial charge in [0.25, 0.3) is 0 Å². The van der Waals surface area contributed by atoms with Gasteiger partial charge >= 0.3 is 0 Å². The van der Waals surface area contributed by atoms with Gasteiger partial charge in [0, 0.05) is 26.2 Å². The summed E-state index contributed by atoms with van der Waals surface area (Å²) in [6.45, 7) is 11.2. The zero-order valence-corrected chi connectivity index (χ0v) is 15.5. The molecule has 2 N–H and O–H groups in total. The molecule has 0 aromatic heterocycles. The highest BCUT2D eigenvalue weighted by Gasteiger charge is 2.33. The summed E-state index contributed by atoms with van der Waals surface area (Å²) in [7, 11) is 1.81. The number of guanidine groups is 1. The minimum absolute atomic E-state index is 0.581. The van der Waals surface area contributed by atoms with Crippen molar-refractivity contribution < 1.29 is 4.74 Å². The molecule has 0 aliphatic heterocycles. The van der Waals surface area contributed by atoms with Gasteiger partial charge in [0.2, 0.25) is 0 Å². The second-order valence-electron chi connectivity index (χ2n) is 6.41. The SMILES string of the molecule is CCN(CC)CCOc1ccc(CNC(=NC)NC2CC2C)cc1. The number of hydrogen-bond acceptors (Lipinski definition) is 3. The number of benzene rings is 1. The maximum atomic E-state index is 5.82. The lowest BCUT2D eigenvalue weighted by Gasteiger charge is -2.18. The van der Waals surface area contributed by atoms with Crippen molar-refractivity contribution in [3.8, 4) is 5.75 Å². The van der Waals surface area contributed by atoms with Gasteiger partial charge in [0.15, 0.2) is 5.96 Å². The van der Waals surface area contributed by atoms with Crippen molar-refractivity contribution in [2.45, 2.75) is 39.8 Å². The third kappa shape index (κ3) is 6.04. The molecule has 5 heteroatoms. The van der Waals surface area contributed by atoms with Crippen molar-refractivity contribution >= 4 is 5.96 Å². The van der Waals surface area contributed by atoms with Gasteiger partial charge in [-0.15, -0.1) is 0 Å². The van der Waals surface area contributed by atoms with E-state index in [1.807, 2.05) is 19.2 Å². The van der Waals surface area contributed by atoms with Crippen molar-refractivity contribution in [1.29, 1.82) is 0 Å². The molecule has 1 aromatic carbocycles. The molecule has 1 fully saturated rings. The molecule has 0 bridgehead atoms. The highest BCUT2D eigenvalue weighted by atomic mass is 16.5. The Balaban J connectivity index is 1.71. The first-order valence-corrected chi connectivity index (χ1v) is 9.07. The van der Waals surface area contributed by atoms with E-state index in [1.165, 1.54) is 12.0 Å². The molecule has 5 nitrogen and oxygen atoms in total. The first-order chi connectivity index (χ1) is 11.7. The van der Waals surface area contributed by atoms with E-state index < -0.39 is 0 Å². The van der Waals surface area contributed by atoms with Crippen LogP contribution in [-0.4, -0.2) is 50.2 Å². The van der Waals surface area contributed by atoms with Crippen LogP contribution in [0.1, 0.15) is 32.8 Å². The Morgan fingerprint density at radius 1 is 1.25 bits per heavy atom. The molecular weight excluding hydrogens is 300 g/mol. The van der Waals surface area contributed by atoms with Crippen LogP contribution in [0.4, 0.5) is 0 Å². The zero-order chi connectivity index (χ0) is 17.4. The van der Waals surface area contributed by atoms with Crippen molar-refractivity contribution in [2.75, 3.05) is 33.3 Å². The number of hydrogen-bond donors (Lipinski definition) is 2. The lowest BCUT2D eigenvalue weighted by atomic mass is 10.2. The highest BCUT2D eigenvalue weighted by molar-refractivity contribution is 5.80. The Morgan fingerprint density at radius 3 is 2.46 bits per heavy atom. The normalized spacial score (nSPS) is 20.1. The van der Waals surface area contributed by atoms with Crippen LogP contribution in [0.3, 0.4) is 0 Å². The molecule has 2 atom stereocenters. The van der Waals surface area contributed by atoms with Crippen molar-refractivity contribution in [1.82, 2.24) is 15.5 Å². The van der Waals surface area contributed by atoms with E-state index in [0.717, 1.165) is 50.4 Å². The molecule has 2 rings (SSSR count). The molecule has 134 valence electrons. The summed E-state index contributed by atoms with van der Waals surface area (Å²) in [6.07, 6.45) is 1.24. The number of aliphatic imine (C=N–C) groups is 1. The fourth-order valence-electron chi connectivity index (χ4n) is 2.62. The second-order valence-corrected chi connectivity index (χ2v) is 6.41. The van der Waals surface area contributed by atoms with Gasteiger partial charge in [-0.05, 0) is 43.1 Å². The van der Waals surface area contributed by atoms with Gasteiger partial charge < -0.3 is 20.3 Å². The van der Waals surface area contributed by atoms with E-state index in [1.54, 1.807) is 0 Å². The Labute approximate surface area is 146 Å². The minimum Gasteiger partial charge on any atom is -0.492 e. The van der Waals surface area contributed by atoms with E-state index in [0.29, 0.717) is 6.04 Å². The maximum Gasteiger partial charge on any atom is 0.191 e. The van der Waals surface area contributed by atoms with Crippen LogP contribution >= 0.6 is 0 Å². The van der Waals surface area contributed by atoms with Gasteiger partial charge in [-0.3, -0.25) is 4.99 Å². The van der Waals surface area contributed by atoms with Crippen LogP contribution in [0.25, 0.3) is 0 Å². The van der Waals surface area contributed by atoms with Crippen molar-refractivity contribution in [3.05, 3.63) is 29.8 Å². The molecule has 1 aliphatic rings. The topological polar surface area (TPSA) is 48.9 Å². The van der Waals surface area contributed by atoms with E-state index in [9.17, 15) is 0 Å². The molecule has 0 amide bonds. The predicted octanol–water partition coefficient (Wildman–Crippen LogP) is 2.48. The lowest BCUT2D eigenvalue weighted by Crippen LogP contribution is -2.38. The van der Waals surface area contributed by atoms with Gasteiger partial charge in [0.05, 0.1) is 0 Å². The second kappa shape index (κ2) is 9.52. The Hall–Kier alpha value is -1.75. The maximum absolute atomic E-state index is 5.82. The van der Waals surface area contributed by atoms with E-state index in [-0.39, 0.29) is 0 Å². The molecule has 0 heterocycles. The summed E-state index contributed by atoms with van der Waals surface area (Å²) in [5.41, 5.74) is 1.22. The molecule has 0 spiro atoms. The molecule has 0 radical (unpaired) electrons. The van der Waals surface area contributed by atoms with Gasteiger partial charge in [-0.25, -0.2) is 0 Å². The summed E-state index contributed by atoms with van der Waals surface area (Å²) in [5, 5.41) is 6.79. The molecule has 1 aromatic rings. The van der Waals surface area contributed by atoms with Crippen LogP contribution in [0, 0.1) is 5.92 Å². The zero-order valence-electron chi connectivity index (χ0n) is 15.5. The molecule has 1 saturated carbocycles. The van der Waals surface area contributed by atoms with Gasteiger partial charge in [-0.2, -0.15) is 0 Å². The van der Waals surface area contributed by atoms with Crippen LogP contribution in [0.5, 0.6) is 5.75 Å². The highest BCUT2D eigenvalue weighted by Crippen LogP contribution is 2.28. The minimum atomic E-state index is 0.581. The average molecular weight is 332 g/mol. The Morgan fingerprint density at radius 2 is 1.92 bits per heavy atom. The molecule has 1 aliphatic carbocycles. The van der Waals surface area contributed by atoms with E-state index >= 15 is 0 Å². The third-order valence-electron chi connectivity index (χ3n) is 4.61. The first kappa shape index (κ1) is 18.6. The molecular formula is C19H32N4O. The number of nitrogens with one attached hydrogen (secondary N) is 2. The monoisotopic (exact) mass is 332 g/mol. The first-order valence-electron chi connectivity index (χ1n) is 9.07. The van der Waals surface area contributed by atoms with Crippen LogP contribution in [0.2, 0.25) is 0 Å². The van der Waals surface area contributed by atoms with E-state index in [4.69, 9.17) is 4.74 Å². The summed E-state index contributed by atoms with van der Waals surface area (Å²) >= 11 is 0. The summed E-state index contributed by atoms with van der Waals surface area (Å²) in [4.78, 5) is 6.63. The quantitative estimate of drug-likeness (QED) is 0.539. The van der Waals surface area contributed by atoms with Gasteiger partial charge in [0.1, 0.15) is 12.4 Å². The molecule has 24 heavy (non-hydrogen) atoms. The summed E-state index contributed by atoms with van der Waals surface area (Å²) in [5.74, 6) is 2.57. The standard InChI is InChI=1S/C19H32N4O/c1-5-23(6-2)11-12-24-17-9-7-16(8-10-17)14-21-19(20-4)22-18-13-15(18)3/h7-10,15,18H,5-6,11-14H2,1-4H3,(H2,20,21,22). The fourth-order valence-corrected chi connectivity index (χ4v) is 2.62. The average Bonchev–Trinajstić information content (AvgIpc) is 3.31. The number of nitrogens with zero attached hydrogens (tertiary/aromatic N) is 2. The molecule has 0 saturated heterocycles. The van der Waals surface area contributed by atoms with Crippen molar-refractivity contribution in [2.24, 2.45) is 10.9 Å². The van der Waals surface area contributed by atoms with Gasteiger partial charge in [-0.1, -0.05) is 32.9 Å². The summed E-state index contributed by atoms with van der Waals surface area (Å²) < 4.78 is 5.82. The van der Waals surface area contributed by atoms with Crippen LogP contribution in [-0.2, 0) is 6.54 Å².